The molecule has 0 saturated carbocycles. The first kappa shape index (κ1) is 12.4. The Morgan fingerprint density at radius 3 is 2.46 bits per heavy atom. The summed E-state index contributed by atoms with van der Waals surface area (Å²) in [5.74, 6) is -0.285. The van der Waals surface area contributed by atoms with Gasteiger partial charge in [-0.05, 0) is 11.8 Å². The standard InChI is InChI=1S/C9H20N2O2/c1-9(2,3)4-5-11-8(13)7(10)6-12/h7,12H,4-6,10H2,1-3H3,(H,11,13). The van der Waals surface area contributed by atoms with Crippen LogP contribution in [-0.2, 0) is 4.79 Å². The molecule has 1 atom stereocenters. The van der Waals surface area contributed by atoms with Gasteiger partial charge in [0.1, 0.15) is 6.04 Å². The van der Waals surface area contributed by atoms with E-state index in [2.05, 4.69) is 26.1 Å². The Bertz CT molecular complexity index is 163. The Morgan fingerprint density at radius 1 is 1.54 bits per heavy atom. The Labute approximate surface area is 79.5 Å². The average molecular weight is 188 g/mol. The molecule has 0 fully saturated rings. The van der Waals surface area contributed by atoms with Gasteiger partial charge in [-0.1, -0.05) is 20.8 Å². The molecule has 0 spiro atoms. The molecule has 4 nitrogen and oxygen atoms in total. The average Bonchev–Trinajstić information content (AvgIpc) is 2.00. The van der Waals surface area contributed by atoms with Crippen molar-refractivity contribution in [2.75, 3.05) is 13.2 Å². The number of aliphatic hydroxyl groups excluding tert-OH is 1. The molecule has 4 N–H and O–H groups in total. The molecule has 0 aliphatic heterocycles. The molecule has 0 aliphatic carbocycles. The van der Waals surface area contributed by atoms with Crippen molar-refractivity contribution in [1.82, 2.24) is 5.32 Å². The van der Waals surface area contributed by atoms with Crippen LogP contribution < -0.4 is 11.1 Å². The number of nitrogens with one attached hydrogen (secondary N) is 1. The molecule has 0 radical (unpaired) electrons. The molecule has 1 unspecified atom stereocenters. The molecule has 0 heterocycles. The quantitative estimate of drug-likeness (QED) is 0.574. The van der Waals surface area contributed by atoms with Crippen molar-refractivity contribution in [2.24, 2.45) is 11.1 Å². The first-order chi connectivity index (χ1) is 5.87. The Hall–Kier alpha value is -0.610. The summed E-state index contributed by atoms with van der Waals surface area (Å²) in [6.45, 7) is 6.61. The van der Waals surface area contributed by atoms with Gasteiger partial charge in [-0.15, -0.1) is 0 Å². The summed E-state index contributed by atoms with van der Waals surface area (Å²) in [5.41, 5.74) is 5.51. The zero-order chi connectivity index (χ0) is 10.5. The zero-order valence-electron chi connectivity index (χ0n) is 8.63. The topological polar surface area (TPSA) is 75.4 Å². The molecule has 1 amide bonds. The number of carbonyl (C=O) groups is 1. The molecular weight excluding hydrogens is 168 g/mol. The van der Waals surface area contributed by atoms with E-state index in [1.165, 1.54) is 0 Å². The minimum atomic E-state index is -0.792. The Balaban J connectivity index is 3.60. The van der Waals surface area contributed by atoms with Crippen LogP contribution in [0.5, 0.6) is 0 Å². The highest BCUT2D eigenvalue weighted by Crippen LogP contribution is 2.16. The maximum absolute atomic E-state index is 11.1. The fourth-order valence-electron chi connectivity index (χ4n) is 0.775. The van der Waals surface area contributed by atoms with Crippen LogP contribution in [0.1, 0.15) is 27.2 Å². The van der Waals surface area contributed by atoms with Crippen LogP contribution in [0.2, 0.25) is 0 Å². The SMILES string of the molecule is CC(C)(C)CCNC(=O)C(N)CO. The third kappa shape index (κ3) is 6.54. The minimum absolute atomic E-state index is 0.205. The fraction of sp³-hybridized carbons (Fsp3) is 0.889. The predicted molar refractivity (Wildman–Crippen MR) is 52.1 cm³/mol. The summed E-state index contributed by atoms with van der Waals surface area (Å²) < 4.78 is 0. The second-order valence-corrected chi connectivity index (χ2v) is 4.39. The minimum Gasteiger partial charge on any atom is -0.394 e. The van der Waals surface area contributed by atoms with Gasteiger partial charge in [0, 0.05) is 6.54 Å². The summed E-state index contributed by atoms with van der Waals surface area (Å²) in [6.07, 6.45) is 0.900. The molecule has 4 heteroatoms. The van der Waals surface area contributed by atoms with Gasteiger partial charge in [0.25, 0.3) is 0 Å². The smallest absolute Gasteiger partial charge is 0.239 e. The second kappa shape index (κ2) is 5.19. The number of nitrogens with two attached hydrogens (primary N) is 1. The van der Waals surface area contributed by atoms with E-state index in [0.717, 1.165) is 6.42 Å². The Morgan fingerprint density at radius 2 is 2.08 bits per heavy atom. The number of rotatable bonds is 4. The molecule has 0 aromatic carbocycles. The molecule has 0 saturated heterocycles. The first-order valence-electron chi connectivity index (χ1n) is 4.51. The predicted octanol–water partition coefficient (Wildman–Crippen LogP) is -0.142. The normalized spacial score (nSPS) is 13.9. The van der Waals surface area contributed by atoms with Crippen LogP contribution in [-0.4, -0.2) is 30.2 Å². The van der Waals surface area contributed by atoms with Crippen LogP contribution in [0.25, 0.3) is 0 Å². The zero-order valence-corrected chi connectivity index (χ0v) is 8.63. The number of amides is 1. The Kier molecular flexibility index (Phi) is 4.95. The maximum atomic E-state index is 11.1. The molecule has 13 heavy (non-hydrogen) atoms. The summed E-state index contributed by atoms with van der Waals surface area (Å²) >= 11 is 0. The monoisotopic (exact) mass is 188 g/mol. The van der Waals surface area contributed by atoms with E-state index in [9.17, 15) is 4.79 Å². The van der Waals surface area contributed by atoms with E-state index < -0.39 is 6.04 Å². The maximum Gasteiger partial charge on any atom is 0.239 e. The lowest BCUT2D eigenvalue weighted by molar-refractivity contribution is -0.123. The van der Waals surface area contributed by atoms with Gasteiger partial charge in [0.2, 0.25) is 5.91 Å². The van der Waals surface area contributed by atoms with Crippen LogP contribution >= 0.6 is 0 Å². The van der Waals surface area contributed by atoms with Crippen LogP contribution in [0, 0.1) is 5.41 Å². The fourth-order valence-corrected chi connectivity index (χ4v) is 0.775. The first-order valence-corrected chi connectivity index (χ1v) is 4.51. The highest BCUT2D eigenvalue weighted by Gasteiger charge is 2.13. The van der Waals surface area contributed by atoms with Crippen molar-refractivity contribution in [3.05, 3.63) is 0 Å². The third-order valence-electron chi connectivity index (χ3n) is 1.71. The highest BCUT2D eigenvalue weighted by molar-refractivity contribution is 5.81. The number of hydrogen-bond acceptors (Lipinski definition) is 3. The van der Waals surface area contributed by atoms with Gasteiger partial charge in [0.15, 0.2) is 0 Å². The van der Waals surface area contributed by atoms with E-state index in [1.54, 1.807) is 0 Å². The molecular formula is C9H20N2O2. The lowest BCUT2D eigenvalue weighted by atomic mass is 9.92. The summed E-state index contributed by atoms with van der Waals surface area (Å²) in [5, 5.41) is 11.2. The number of aliphatic hydroxyl groups is 1. The van der Waals surface area contributed by atoms with Gasteiger partial charge in [0.05, 0.1) is 6.61 Å². The van der Waals surface area contributed by atoms with Gasteiger partial charge < -0.3 is 16.2 Å². The van der Waals surface area contributed by atoms with Gasteiger partial charge in [-0.3, -0.25) is 4.79 Å². The van der Waals surface area contributed by atoms with Crippen molar-refractivity contribution in [1.29, 1.82) is 0 Å². The van der Waals surface area contributed by atoms with Gasteiger partial charge >= 0.3 is 0 Å². The second-order valence-electron chi connectivity index (χ2n) is 4.39. The summed E-state index contributed by atoms with van der Waals surface area (Å²) in [4.78, 5) is 11.1. The third-order valence-corrected chi connectivity index (χ3v) is 1.71. The van der Waals surface area contributed by atoms with Crippen LogP contribution in [0.4, 0.5) is 0 Å². The lowest BCUT2D eigenvalue weighted by Gasteiger charge is -2.18. The molecule has 78 valence electrons. The lowest BCUT2D eigenvalue weighted by Crippen LogP contribution is -2.43. The summed E-state index contributed by atoms with van der Waals surface area (Å²) in [6, 6.07) is -0.792. The largest absolute Gasteiger partial charge is 0.394 e. The van der Waals surface area contributed by atoms with E-state index in [-0.39, 0.29) is 17.9 Å². The highest BCUT2D eigenvalue weighted by atomic mass is 16.3. The van der Waals surface area contributed by atoms with Crippen molar-refractivity contribution in [3.63, 3.8) is 0 Å². The molecule has 0 aromatic rings. The van der Waals surface area contributed by atoms with Gasteiger partial charge in [-0.25, -0.2) is 0 Å². The molecule has 0 aromatic heterocycles. The van der Waals surface area contributed by atoms with E-state index in [1.807, 2.05) is 0 Å². The van der Waals surface area contributed by atoms with Crippen LogP contribution in [0.15, 0.2) is 0 Å². The molecule has 0 rings (SSSR count). The van der Waals surface area contributed by atoms with Crippen molar-refractivity contribution < 1.29 is 9.90 Å². The van der Waals surface area contributed by atoms with E-state index >= 15 is 0 Å². The van der Waals surface area contributed by atoms with E-state index in [4.69, 9.17) is 10.8 Å². The van der Waals surface area contributed by atoms with Crippen molar-refractivity contribution in [3.8, 4) is 0 Å². The molecule has 0 bridgehead atoms. The van der Waals surface area contributed by atoms with Crippen LogP contribution in [0.3, 0.4) is 0 Å². The van der Waals surface area contributed by atoms with Crippen molar-refractivity contribution in [2.45, 2.75) is 33.2 Å². The number of carbonyl (C=O) groups excluding carboxylic acids is 1. The van der Waals surface area contributed by atoms with E-state index in [0.29, 0.717) is 6.54 Å². The summed E-state index contributed by atoms with van der Waals surface area (Å²) in [7, 11) is 0. The van der Waals surface area contributed by atoms with Crippen molar-refractivity contribution >= 4 is 5.91 Å². The molecule has 0 aliphatic rings. The van der Waals surface area contributed by atoms with Gasteiger partial charge in [-0.2, -0.15) is 0 Å². The number of hydrogen-bond donors (Lipinski definition) is 3.